The summed E-state index contributed by atoms with van der Waals surface area (Å²) >= 11 is 1.57. The quantitative estimate of drug-likeness (QED) is 0.561. The largest absolute Gasteiger partial charge is 0.466 e. The third-order valence-corrected chi connectivity index (χ3v) is 6.14. The third-order valence-electron chi connectivity index (χ3n) is 5.26. The van der Waals surface area contributed by atoms with E-state index in [0.29, 0.717) is 37.5 Å². The molecular weight excluding hydrogens is 398 g/mol. The van der Waals surface area contributed by atoms with Crippen LogP contribution < -0.4 is 0 Å². The second kappa shape index (κ2) is 9.26. The van der Waals surface area contributed by atoms with Crippen LogP contribution in [0, 0.1) is 5.92 Å². The first-order chi connectivity index (χ1) is 14.7. The van der Waals surface area contributed by atoms with E-state index in [9.17, 15) is 9.59 Å². The molecule has 2 aromatic heterocycles. The number of likely N-dealkylation sites (tertiary alicyclic amines) is 1. The summed E-state index contributed by atoms with van der Waals surface area (Å²) in [6.07, 6.45) is 3.38. The SMILES string of the molecule is CCOC(=O)[C@@H]1CCCN(C(=O)c2cn(Cc3ccccc3)nc2-c2cccs2)C1. The molecule has 0 N–H and O–H groups in total. The lowest BCUT2D eigenvalue weighted by Crippen LogP contribution is -2.42. The molecule has 1 atom stereocenters. The van der Waals surface area contributed by atoms with Gasteiger partial charge in [-0.15, -0.1) is 11.3 Å². The lowest BCUT2D eigenvalue weighted by Gasteiger charge is -2.31. The van der Waals surface area contributed by atoms with Crippen molar-refractivity contribution in [2.75, 3.05) is 19.7 Å². The zero-order valence-corrected chi connectivity index (χ0v) is 17.8. The van der Waals surface area contributed by atoms with Gasteiger partial charge in [-0.1, -0.05) is 36.4 Å². The van der Waals surface area contributed by atoms with Gasteiger partial charge in [-0.2, -0.15) is 5.10 Å². The van der Waals surface area contributed by atoms with E-state index in [1.807, 2.05) is 58.7 Å². The number of carbonyl (C=O) groups excluding carboxylic acids is 2. The minimum absolute atomic E-state index is 0.0771. The highest BCUT2D eigenvalue weighted by atomic mass is 32.1. The molecule has 4 rings (SSSR count). The maximum absolute atomic E-state index is 13.4. The molecule has 1 aliphatic heterocycles. The molecule has 6 nitrogen and oxygen atoms in total. The van der Waals surface area contributed by atoms with Gasteiger partial charge in [-0.05, 0) is 36.8 Å². The number of thiophene rings is 1. The zero-order chi connectivity index (χ0) is 20.9. The summed E-state index contributed by atoms with van der Waals surface area (Å²) < 4.78 is 7.00. The van der Waals surface area contributed by atoms with Gasteiger partial charge in [0.15, 0.2) is 0 Å². The minimum Gasteiger partial charge on any atom is -0.466 e. The number of nitrogens with zero attached hydrogens (tertiary/aromatic N) is 3. The Labute approximate surface area is 180 Å². The van der Waals surface area contributed by atoms with Crippen molar-refractivity contribution in [3.8, 4) is 10.6 Å². The van der Waals surface area contributed by atoms with Gasteiger partial charge in [0, 0.05) is 19.3 Å². The lowest BCUT2D eigenvalue weighted by atomic mass is 9.97. The van der Waals surface area contributed by atoms with Crippen LogP contribution in [0.5, 0.6) is 0 Å². The number of hydrogen-bond donors (Lipinski definition) is 0. The molecule has 0 aliphatic carbocycles. The molecule has 1 saturated heterocycles. The van der Waals surface area contributed by atoms with Crippen molar-refractivity contribution < 1.29 is 14.3 Å². The number of aromatic nitrogens is 2. The molecule has 156 valence electrons. The summed E-state index contributed by atoms with van der Waals surface area (Å²) in [5.74, 6) is -0.549. The van der Waals surface area contributed by atoms with Gasteiger partial charge in [-0.25, -0.2) is 0 Å². The van der Waals surface area contributed by atoms with E-state index in [2.05, 4.69) is 0 Å². The van der Waals surface area contributed by atoms with Crippen molar-refractivity contribution in [1.29, 1.82) is 0 Å². The predicted molar refractivity (Wildman–Crippen MR) is 116 cm³/mol. The molecule has 30 heavy (non-hydrogen) atoms. The molecule has 1 aliphatic rings. The first-order valence-corrected chi connectivity index (χ1v) is 11.1. The molecule has 3 heterocycles. The maximum atomic E-state index is 13.4. The fourth-order valence-corrected chi connectivity index (χ4v) is 4.53. The van der Waals surface area contributed by atoms with Gasteiger partial charge >= 0.3 is 5.97 Å². The number of esters is 1. The number of hydrogen-bond acceptors (Lipinski definition) is 5. The molecule has 1 fully saturated rings. The first-order valence-electron chi connectivity index (χ1n) is 10.3. The number of rotatable bonds is 6. The fourth-order valence-electron chi connectivity index (χ4n) is 3.81. The van der Waals surface area contributed by atoms with Gasteiger partial charge in [0.05, 0.1) is 29.5 Å². The number of amides is 1. The number of benzene rings is 1. The minimum atomic E-state index is -0.257. The van der Waals surface area contributed by atoms with E-state index in [4.69, 9.17) is 9.84 Å². The monoisotopic (exact) mass is 423 g/mol. The highest BCUT2D eigenvalue weighted by molar-refractivity contribution is 7.13. The summed E-state index contributed by atoms with van der Waals surface area (Å²) in [4.78, 5) is 28.4. The van der Waals surface area contributed by atoms with E-state index < -0.39 is 0 Å². The lowest BCUT2D eigenvalue weighted by molar-refractivity contribution is -0.149. The molecule has 0 unspecified atom stereocenters. The Balaban J connectivity index is 1.60. The molecule has 0 spiro atoms. The molecule has 0 saturated carbocycles. The molecule has 3 aromatic rings. The second-order valence-electron chi connectivity index (χ2n) is 7.39. The number of piperidine rings is 1. The Bertz CT molecular complexity index is 998. The van der Waals surface area contributed by atoms with Crippen LogP contribution in [-0.2, 0) is 16.1 Å². The standard InChI is InChI=1S/C23H25N3O3S/c1-2-29-23(28)18-10-6-12-25(15-18)22(27)19-16-26(14-17-8-4-3-5-9-17)24-21(19)20-11-7-13-30-20/h3-5,7-9,11,13,16,18H,2,6,10,12,14-15H2,1H3/t18-/m1/s1. The van der Waals surface area contributed by atoms with Crippen molar-refractivity contribution in [2.24, 2.45) is 5.92 Å². The Morgan fingerprint density at radius 3 is 2.77 bits per heavy atom. The zero-order valence-electron chi connectivity index (χ0n) is 17.0. The van der Waals surface area contributed by atoms with E-state index in [-0.39, 0.29) is 17.8 Å². The van der Waals surface area contributed by atoms with Crippen LogP contribution in [0.15, 0.2) is 54.0 Å². The molecule has 1 amide bonds. The van der Waals surface area contributed by atoms with Crippen LogP contribution in [0.2, 0.25) is 0 Å². The van der Waals surface area contributed by atoms with Crippen molar-refractivity contribution in [3.05, 3.63) is 65.2 Å². The normalized spacial score (nSPS) is 16.4. The molecule has 0 radical (unpaired) electrons. The van der Waals surface area contributed by atoms with E-state index in [0.717, 1.165) is 23.3 Å². The van der Waals surface area contributed by atoms with Crippen LogP contribution in [-0.4, -0.2) is 46.3 Å². The summed E-state index contributed by atoms with van der Waals surface area (Å²) in [6.45, 7) is 3.79. The van der Waals surface area contributed by atoms with Gasteiger partial charge in [0.2, 0.25) is 0 Å². The highest BCUT2D eigenvalue weighted by Crippen LogP contribution is 2.29. The molecule has 0 bridgehead atoms. The van der Waals surface area contributed by atoms with Gasteiger partial charge < -0.3 is 9.64 Å². The number of ether oxygens (including phenoxy) is 1. The Kier molecular flexibility index (Phi) is 6.28. The fraction of sp³-hybridized carbons (Fsp3) is 0.348. The van der Waals surface area contributed by atoms with E-state index in [1.54, 1.807) is 23.2 Å². The van der Waals surface area contributed by atoms with Crippen molar-refractivity contribution in [3.63, 3.8) is 0 Å². The Hall–Kier alpha value is -2.93. The Morgan fingerprint density at radius 1 is 1.20 bits per heavy atom. The summed E-state index contributed by atoms with van der Waals surface area (Å²) in [6, 6.07) is 14.0. The molecular formula is C23H25N3O3S. The Morgan fingerprint density at radius 2 is 2.03 bits per heavy atom. The first kappa shape index (κ1) is 20.3. The van der Waals surface area contributed by atoms with E-state index >= 15 is 0 Å². The summed E-state index contributed by atoms with van der Waals surface area (Å²) in [5.41, 5.74) is 2.40. The average Bonchev–Trinajstić information content (AvgIpc) is 3.44. The van der Waals surface area contributed by atoms with Gasteiger partial charge in [-0.3, -0.25) is 14.3 Å². The van der Waals surface area contributed by atoms with Crippen molar-refractivity contribution in [1.82, 2.24) is 14.7 Å². The highest BCUT2D eigenvalue weighted by Gasteiger charge is 2.31. The van der Waals surface area contributed by atoms with Crippen LogP contribution in [0.25, 0.3) is 10.6 Å². The van der Waals surface area contributed by atoms with Crippen LogP contribution in [0.4, 0.5) is 0 Å². The van der Waals surface area contributed by atoms with E-state index in [1.165, 1.54) is 0 Å². The smallest absolute Gasteiger partial charge is 0.310 e. The van der Waals surface area contributed by atoms with Crippen LogP contribution in [0.1, 0.15) is 35.7 Å². The molecule has 1 aromatic carbocycles. The number of carbonyl (C=O) groups is 2. The predicted octanol–water partition coefficient (Wildman–Crippen LogP) is 4.08. The summed E-state index contributed by atoms with van der Waals surface area (Å²) in [5, 5.41) is 6.72. The topological polar surface area (TPSA) is 64.4 Å². The van der Waals surface area contributed by atoms with Crippen molar-refractivity contribution in [2.45, 2.75) is 26.3 Å². The maximum Gasteiger partial charge on any atom is 0.310 e. The molecule has 7 heteroatoms. The average molecular weight is 424 g/mol. The van der Waals surface area contributed by atoms with Crippen LogP contribution >= 0.6 is 11.3 Å². The van der Waals surface area contributed by atoms with Gasteiger partial charge in [0.25, 0.3) is 5.91 Å². The van der Waals surface area contributed by atoms with Gasteiger partial charge in [0.1, 0.15) is 5.69 Å². The third kappa shape index (κ3) is 4.46. The van der Waals surface area contributed by atoms with Crippen LogP contribution in [0.3, 0.4) is 0 Å². The van der Waals surface area contributed by atoms with Crippen molar-refractivity contribution >= 4 is 23.2 Å². The summed E-state index contributed by atoms with van der Waals surface area (Å²) in [7, 11) is 0. The second-order valence-corrected chi connectivity index (χ2v) is 8.34.